The van der Waals surface area contributed by atoms with E-state index >= 15 is 0 Å². The number of carbonyl (C=O) groups excluding carboxylic acids is 1. The Morgan fingerprint density at radius 2 is 2.11 bits per heavy atom. The van der Waals surface area contributed by atoms with Crippen LogP contribution in [0.1, 0.15) is 23.7 Å². The zero-order valence-electron chi connectivity index (χ0n) is 10.3. The molecule has 6 heteroatoms. The van der Waals surface area contributed by atoms with Crippen molar-refractivity contribution in [2.75, 3.05) is 0 Å². The molecule has 5 nitrogen and oxygen atoms in total. The van der Waals surface area contributed by atoms with E-state index in [-0.39, 0.29) is 17.0 Å². The fraction of sp³-hybridized carbons (Fsp3) is 0.308. The van der Waals surface area contributed by atoms with E-state index in [0.717, 1.165) is 0 Å². The van der Waals surface area contributed by atoms with Crippen molar-refractivity contribution in [2.45, 2.75) is 19.4 Å². The SMILES string of the molecule is C[C@H](CC#N)[C@@H](NC(=O)c1ccccc1Cl)C(=O)O. The second-order valence-corrected chi connectivity index (χ2v) is 4.52. The number of carboxylic acids is 1. The molecule has 2 atom stereocenters. The number of carboxylic acid groups (broad SMARTS) is 1. The Hall–Kier alpha value is -2.06. The molecule has 0 fully saturated rings. The topological polar surface area (TPSA) is 90.2 Å². The first-order valence-corrected chi connectivity index (χ1v) is 6.00. The molecule has 0 aliphatic carbocycles. The van der Waals surface area contributed by atoms with Gasteiger partial charge in [0.15, 0.2) is 0 Å². The van der Waals surface area contributed by atoms with Gasteiger partial charge in [0, 0.05) is 12.3 Å². The average Bonchev–Trinajstić information content (AvgIpc) is 2.36. The fourth-order valence-electron chi connectivity index (χ4n) is 1.57. The summed E-state index contributed by atoms with van der Waals surface area (Å²) in [5, 5.41) is 20.3. The molecular weight excluding hydrogens is 268 g/mol. The highest BCUT2D eigenvalue weighted by molar-refractivity contribution is 6.33. The molecule has 0 bridgehead atoms. The van der Waals surface area contributed by atoms with Crippen molar-refractivity contribution in [3.05, 3.63) is 34.9 Å². The molecule has 1 aromatic rings. The standard InChI is InChI=1S/C13H13ClN2O3/c1-8(6-7-15)11(13(18)19)16-12(17)9-4-2-3-5-10(9)14/h2-5,8,11H,6H2,1H3,(H,16,17)(H,18,19)/t8-,11-/m1/s1. The number of rotatable bonds is 5. The van der Waals surface area contributed by atoms with Crippen LogP contribution in [0.15, 0.2) is 24.3 Å². The van der Waals surface area contributed by atoms with Crippen LogP contribution in [0.25, 0.3) is 0 Å². The first-order chi connectivity index (χ1) is 8.97. The van der Waals surface area contributed by atoms with Gasteiger partial charge in [0.05, 0.1) is 16.7 Å². The van der Waals surface area contributed by atoms with Gasteiger partial charge in [0.1, 0.15) is 6.04 Å². The van der Waals surface area contributed by atoms with Crippen LogP contribution in [0, 0.1) is 17.2 Å². The Balaban J connectivity index is 2.87. The van der Waals surface area contributed by atoms with E-state index in [1.165, 1.54) is 6.07 Å². The number of carbonyl (C=O) groups is 2. The minimum absolute atomic E-state index is 0.0414. The molecule has 1 rings (SSSR count). The molecule has 100 valence electrons. The quantitative estimate of drug-likeness (QED) is 0.864. The van der Waals surface area contributed by atoms with Crippen LogP contribution in [-0.4, -0.2) is 23.0 Å². The Morgan fingerprint density at radius 3 is 2.63 bits per heavy atom. The zero-order valence-corrected chi connectivity index (χ0v) is 11.0. The molecule has 0 heterocycles. The summed E-state index contributed by atoms with van der Waals surface area (Å²) in [5.74, 6) is -2.24. The van der Waals surface area contributed by atoms with Gasteiger partial charge in [-0.3, -0.25) is 4.79 Å². The van der Waals surface area contributed by atoms with Crippen LogP contribution in [0.4, 0.5) is 0 Å². The lowest BCUT2D eigenvalue weighted by atomic mass is 9.98. The minimum atomic E-state index is -1.18. The maximum absolute atomic E-state index is 11.9. The molecule has 19 heavy (non-hydrogen) atoms. The summed E-state index contributed by atoms with van der Waals surface area (Å²) < 4.78 is 0. The second kappa shape index (κ2) is 6.76. The summed E-state index contributed by atoms with van der Waals surface area (Å²) in [6.07, 6.45) is 0.0414. The highest BCUT2D eigenvalue weighted by Gasteiger charge is 2.27. The van der Waals surface area contributed by atoms with E-state index in [1.807, 2.05) is 6.07 Å². The van der Waals surface area contributed by atoms with Crippen LogP contribution in [0.3, 0.4) is 0 Å². The molecule has 0 unspecified atom stereocenters. The van der Waals surface area contributed by atoms with E-state index < -0.39 is 23.8 Å². The lowest BCUT2D eigenvalue weighted by Crippen LogP contribution is -2.45. The van der Waals surface area contributed by atoms with Crippen LogP contribution < -0.4 is 5.32 Å². The summed E-state index contributed by atoms with van der Waals surface area (Å²) in [6.45, 7) is 1.59. The van der Waals surface area contributed by atoms with E-state index in [9.17, 15) is 9.59 Å². The Morgan fingerprint density at radius 1 is 1.47 bits per heavy atom. The van der Waals surface area contributed by atoms with Crippen LogP contribution in [0.2, 0.25) is 5.02 Å². The van der Waals surface area contributed by atoms with Crippen molar-refractivity contribution in [1.29, 1.82) is 5.26 Å². The highest BCUT2D eigenvalue weighted by Crippen LogP contribution is 2.16. The number of benzene rings is 1. The highest BCUT2D eigenvalue weighted by atomic mass is 35.5. The van der Waals surface area contributed by atoms with Crippen molar-refractivity contribution < 1.29 is 14.7 Å². The lowest BCUT2D eigenvalue weighted by Gasteiger charge is -2.19. The number of nitriles is 1. The Labute approximate surface area is 115 Å². The van der Waals surface area contributed by atoms with Gasteiger partial charge in [-0.15, -0.1) is 0 Å². The van der Waals surface area contributed by atoms with Gasteiger partial charge in [-0.2, -0.15) is 5.26 Å². The van der Waals surface area contributed by atoms with Crippen LogP contribution in [0.5, 0.6) is 0 Å². The summed E-state index contributed by atoms with van der Waals surface area (Å²) >= 11 is 5.86. The molecule has 0 aliphatic rings. The van der Waals surface area contributed by atoms with Gasteiger partial charge >= 0.3 is 5.97 Å². The number of hydrogen-bond acceptors (Lipinski definition) is 3. The van der Waals surface area contributed by atoms with E-state index in [4.69, 9.17) is 22.0 Å². The van der Waals surface area contributed by atoms with E-state index in [1.54, 1.807) is 25.1 Å². The zero-order chi connectivity index (χ0) is 14.4. The number of nitrogens with zero attached hydrogens (tertiary/aromatic N) is 1. The molecular formula is C13H13ClN2O3. The Kier molecular flexibility index (Phi) is 5.34. The van der Waals surface area contributed by atoms with Crippen LogP contribution >= 0.6 is 11.6 Å². The van der Waals surface area contributed by atoms with Gasteiger partial charge in [-0.05, 0) is 12.1 Å². The van der Waals surface area contributed by atoms with Gasteiger partial charge < -0.3 is 10.4 Å². The second-order valence-electron chi connectivity index (χ2n) is 4.11. The smallest absolute Gasteiger partial charge is 0.326 e. The van der Waals surface area contributed by atoms with Crippen LogP contribution in [-0.2, 0) is 4.79 Å². The third kappa shape index (κ3) is 3.97. The largest absolute Gasteiger partial charge is 0.480 e. The fourth-order valence-corrected chi connectivity index (χ4v) is 1.80. The number of amides is 1. The monoisotopic (exact) mass is 280 g/mol. The molecule has 0 aromatic heterocycles. The number of hydrogen-bond donors (Lipinski definition) is 2. The minimum Gasteiger partial charge on any atom is -0.480 e. The lowest BCUT2D eigenvalue weighted by molar-refractivity contribution is -0.140. The van der Waals surface area contributed by atoms with Crippen molar-refractivity contribution in [3.63, 3.8) is 0 Å². The maximum Gasteiger partial charge on any atom is 0.326 e. The predicted molar refractivity (Wildman–Crippen MR) is 69.7 cm³/mol. The summed E-state index contributed by atoms with van der Waals surface area (Å²) in [6, 6.07) is 7.12. The number of nitrogens with one attached hydrogen (secondary N) is 1. The van der Waals surface area contributed by atoms with Gasteiger partial charge in [0.25, 0.3) is 5.91 Å². The van der Waals surface area contributed by atoms with Gasteiger partial charge in [0.2, 0.25) is 0 Å². The Bertz CT molecular complexity index is 525. The number of halogens is 1. The van der Waals surface area contributed by atoms with Crippen molar-refractivity contribution in [1.82, 2.24) is 5.32 Å². The molecule has 0 aliphatic heterocycles. The van der Waals surface area contributed by atoms with E-state index in [2.05, 4.69) is 5.32 Å². The predicted octanol–water partition coefficient (Wildman–Crippen LogP) is 2.07. The summed E-state index contributed by atoms with van der Waals surface area (Å²) in [7, 11) is 0. The normalized spacial score (nSPS) is 13.1. The molecule has 0 saturated carbocycles. The average molecular weight is 281 g/mol. The molecule has 0 saturated heterocycles. The third-order valence-electron chi connectivity index (χ3n) is 2.65. The van der Waals surface area contributed by atoms with Crippen molar-refractivity contribution in [2.24, 2.45) is 5.92 Å². The summed E-state index contributed by atoms with van der Waals surface area (Å²) in [4.78, 5) is 23.1. The summed E-state index contributed by atoms with van der Waals surface area (Å²) in [5.41, 5.74) is 0.208. The third-order valence-corrected chi connectivity index (χ3v) is 2.98. The van der Waals surface area contributed by atoms with Gasteiger partial charge in [-0.1, -0.05) is 30.7 Å². The first kappa shape index (κ1) is 15.0. The molecule has 0 radical (unpaired) electrons. The number of aliphatic carboxylic acids is 1. The molecule has 0 spiro atoms. The van der Waals surface area contributed by atoms with Gasteiger partial charge in [-0.25, -0.2) is 4.79 Å². The van der Waals surface area contributed by atoms with E-state index in [0.29, 0.717) is 0 Å². The molecule has 2 N–H and O–H groups in total. The molecule has 1 aromatic carbocycles. The molecule has 1 amide bonds. The van der Waals surface area contributed by atoms with Crippen molar-refractivity contribution in [3.8, 4) is 6.07 Å². The first-order valence-electron chi connectivity index (χ1n) is 5.62. The van der Waals surface area contributed by atoms with Crippen molar-refractivity contribution >= 4 is 23.5 Å². The maximum atomic E-state index is 11.9.